The summed E-state index contributed by atoms with van der Waals surface area (Å²) < 4.78 is 13.0. The van der Waals surface area contributed by atoms with Gasteiger partial charge in [-0.15, -0.1) is 0 Å². The van der Waals surface area contributed by atoms with Crippen LogP contribution in [0.1, 0.15) is 22.3 Å². The maximum atomic E-state index is 13.0. The number of hydrogen-bond donors (Lipinski definition) is 2. The fourth-order valence-corrected chi connectivity index (χ4v) is 3.08. The molecule has 0 bridgehead atoms. The van der Waals surface area contributed by atoms with E-state index in [9.17, 15) is 14.0 Å². The average molecular weight is 390 g/mol. The number of benzene rings is 1. The van der Waals surface area contributed by atoms with Gasteiger partial charge < -0.3 is 15.3 Å². The van der Waals surface area contributed by atoms with E-state index in [2.05, 4.69) is 10.3 Å². The molecule has 1 saturated heterocycles. The molecule has 0 saturated carbocycles. The molecule has 27 heavy (non-hydrogen) atoms. The Morgan fingerprint density at radius 1 is 1.33 bits per heavy atom. The zero-order chi connectivity index (χ0) is 19.4. The average Bonchev–Trinajstić information content (AvgIpc) is 3.10. The van der Waals surface area contributed by atoms with Crippen LogP contribution in [-0.4, -0.2) is 46.0 Å². The number of nitrogens with zero attached hydrogens (tertiary/aromatic N) is 2. The number of rotatable bonds is 5. The highest BCUT2D eigenvalue weighted by Gasteiger charge is 2.27. The zero-order valence-electron chi connectivity index (χ0n) is 14.2. The quantitative estimate of drug-likeness (QED) is 0.767. The minimum Gasteiger partial charge on any atom is -0.478 e. The Morgan fingerprint density at radius 3 is 2.74 bits per heavy atom. The molecule has 0 radical (unpaired) electrons. The Balaban J connectivity index is 1.62. The summed E-state index contributed by atoms with van der Waals surface area (Å²) in [6.45, 7) is 1.06. The summed E-state index contributed by atoms with van der Waals surface area (Å²) in [5, 5.41) is 12.2. The fourth-order valence-electron chi connectivity index (χ4n) is 2.85. The van der Waals surface area contributed by atoms with Gasteiger partial charge in [-0.1, -0.05) is 11.6 Å². The van der Waals surface area contributed by atoms with Crippen molar-refractivity contribution in [1.29, 1.82) is 0 Å². The number of likely N-dealkylation sites (tertiary alicyclic amines) is 1. The van der Waals surface area contributed by atoms with Crippen LogP contribution >= 0.6 is 11.6 Å². The van der Waals surface area contributed by atoms with E-state index in [4.69, 9.17) is 16.7 Å². The maximum Gasteiger partial charge on any atom is 0.328 e. The van der Waals surface area contributed by atoms with Crippen molar-refractivity contribution in [3.8, 4) is 0 Å². The van der Waals surface area contributed by atoms with E-state index in [0.717, 1.165) is 12.5 Å². The van der Waals surface area contributed by atoms with E-state index in [1.807, 2.05) is 0 Å². The van der Waals surface area contributed by atoms with E-state index < -0.39 is 5.97 Å². The third kappa shape index (κ3) is 4.83. The fraction of sp³-hybridized carbons (Fsp3) is 0.211. The molecule has 140 valence electrons. The van der Waals surface area contributed by atoms with E-state index in [1.54, 1.807) is 11.0 Å². The summed E-state index contributed by atoms with van der Waals surface area (Å²) in [6.07, 6.45) is 4.66. The normalized spacial score (nSPS) is 16.7. The summed E-state index contributed by atoms with van der Waals surface area (Å²) in [4.78, 5) is 29.0. The van der Waals surface area contributed by atoms with Gasteiger partial charge in [0.1, 0.15) is 11.6 Å². The first-order chi connectivity index (χ1) is 12.9. The van der Waals surface area contributed by atoms with Gasteiger partial charge in [-0.25, -0.2) is 14.2 Å². The highest BCUT2D eigenvalue weighted by Crippen LogP contribution is 2.24. The van der Waals surface area contributed by atoms with E-state index in [1.165, 1.54) is 36.5 Å². The van der Waals surface area contributed by atoms with Crippen molar-refractivity contribution < 1.29 is 19.1 Å². The van der Waals surface area contributed by atoms with Crippen LogP contribution in [0.15, 0.2) is 42.6 Å². The number of carbonyl (C=O) groups excluding carboxylic acids is 1. The number of hydrogen-bond acceptors (Lipinski definition) is 4. The highest BCUT2D eigenvalue weighted by atomic mass is 35.5. The molecule has 2 N–H and O–H groups in total. The standard InChI is InChI=1S/C19H17ClFN3O3/c20-16-9-12(1-6-17(25)26)10-22-18(16)23-15-7-8-24(11-15)19(27)13-2-4-14(21)5-3-13/h1-6,9-10,15H,7-8,11H2,(H,22,23)(H,25,26)/t15-/m1/s1. The second-order valence-electron chi connectivity index (χ2n) is 6.16. The number of anilines is 1. The Bertz CT molecular complexity index is 886. The molecule has 6 nitrogen and oxygen atoms in total. The number of carboxylic acids is 1. The molecule has 1 aromatic heterocycles. The van der Waals surface area contributed by atoms with Gasteiger partial charge in [0.2, 0.25) is 0 Å². The van der Waals surface area contributed by atoms with Gasteiger partial charge in [0, 0.05) is 37.0 Å². The van der Waals surface area contributed by atoms with Crippen LogP contribution < -0.4 is 5.32 Å². The van der Waals surface area contributed by atoms with Crippen molar-refractivity contribution in [2.75, 3.05) is 18.4 Å². The minimum absolute atomic E-state index is 0.0141. The van der Waals surface area contributed by atoms with Gasteiger partial charge in [-0.05, 0) is 48.4 Å². The monoisotopic (exact) mass is 389 g/mol. The minimum atomic E-state index is -1.05. The Hall–Kier alpha value is -2.93. The number of nitrogens with one attached hydrogen (secondary N) is 1. The second-order valence-corrected chi connectivity index (χ2v) is 6.57. The highest BCUT2D eigenvalue weighted by molar-refractivity contribution is 6.33. The lowest BCUT2D eigenvalue weighted by molar-refractivity contribution is -0.131. The molecule has 1 atom stereocenters. The van der Waals surface area contributed by atoms with Gasteiger partial charge in [0.15, 0.2) is 0 Å². The molecule has 0 spiro atoms. The lowest BCUT2D eigenvalue weighted by Gasteiger charge is -2.18. The first-order valence-corrected chi connectivity index (χ1v) is 8.68. The first-order valence-electron chi connectivity index (χ1n) is 8.30. The van der Waals surface area contributed by atoms with Gasteiger partial charge >= 0.3 is 5.97 Å². The first kappa shape index (κ1) is 18.8. The van der Waals surface area contributed by atoms with Crippen LogP contribution in [0.5, 0.6) is 0 Å². The van der Waals surface area contributed by atoms with E-state index >= 15 is 0 Å². The molecule has 1 aliphatic rings. The molecule has 8 heteroatoms. The zero-order valence-corrected chi connectivity index (χ0v) is 15.0. The summed E-state index contributed by atoms with van der Waals surface area (Å²) in [5.41, 5.74) is 1.02. The molecule has 1 aromatic carbocycles. The Morgan fingerprint density at radius 2 is 2.07 bits per heavy atom. The number of aliphatic carboxylic acids is 1. The molecule has 2 aromatic rings. The summed E-state index contributed by atoms with van der Waals surface area (Å²) in [6, 6.07) is 7.08. The second kappa shape index (κ2) is 8.18. The maximum absolute atomic E-state index is 13.0. The number of carboxylic acid groups (broad SMARTS) is 1. The molecule has 0 aliphatic carbocycles. The molecule has 3 rings (SSSR count). The molecule has 1 fully saturated rings. The van der Waals surface area contributed by atoms with Crippen LogP contribution in [0.3, 0.4) is 0 Å². The summed E-state index contributed by atoms with van der Waals surface area (Å²) >= 11 is 6.21. The predicted octanol–water partition coefficient (Wildman–Crippen LogP) is 3.30. The SMILES string of the molecule is O=C(O)C=Cc1cnc(N[C@@H]2CCN(C(=O)c3ccc(F)cc3)C2)c(Cl)c1. The topological polar surface area (TPSA) is 82.5 Å². The molecule has 1 amide bonds. The number of carbonyl (C=O) groups is 2. The van der Waals surface area contributed by atoms with Gasteiger partial charge in [-0.3, -0.25) is 4.79 Å². The van der Waals surface area contributed by atoms with Crippen molar-refractivity contribution in [2.45, 2.75) is 12.5 Å². The van der Waals surface area contributed by atoms with Crippen LogP contribution in [0.2, 0.25) is 5.02 Å². The van der Waals surface area contributed by atoms with Crippen LogP contribution in [0.25, 0.3) is 6.08 Å². The van der Waals surface area contributed by atoms with Crippen molar-refractivity contribution in [3.05, 3.63) is 64.6 Å². The summed E-state index contributed by atoms with van der Waals surface area (Å²) in [7, 11) is 0. The van der Waals surface area contributed by atoms with Crippen LogP contribution in [0, 0.1) is 5.82 Å². The van der Waals surface area contributed by atoms with E-state index in [0.29, 0.717) is 35.1 Å². The number of aromatic nitrogens is 1. The summed E-state index contributed by atoms with van der Waals surface area (Å²) in [5.74, 6) is -1.10. The van der Waals surface area contributed by atoms with E-state index in [-0.39, 0.29) is 17.8 Å². The van der Waals surface area contributed by atoms with Crippen molar-refractivity contribution in [2.24, 2.45) is 0 Å². The lowest BCUT2D eigenvalue weighted by atomic mass is 10.2. The van der Waals surface area contributed by atoms with Gasteiger partial charge in [0.25, 0.3) is 5.91 Å². The van der Waals surface area contributed by atoms with Crippen molar-refractivity contribution in [3.63, 3.8) is 0 Å². The third-order valence-electron chi connectivity index (χ3n) is 4.19. The smallest absolute Gasteiger partial charge is 0.328 e. The molecule has 0 unspecified atom stereocenters. The number of halogens is 2. The van der Waals surface area contributed by atoms with Crippen LogP contribution in [-0.2, 0) is 4.79 Å². The Kier molecular flexibility index (Phi) is 5.71. The van der Waals surface area contributed by atoms with Crippen molar-refractivity contribution >= 4 is 35.4 Å². The Labute approximate surface area is 160 Å². The molecule has 1 aliphatic heterocycles. The number of pyridine rings is 1. The number of amides is 1. The predicted molar refractivity (Wildman–Crippen MR) is 100 cm³/mol. The van der Waals surface area contributed by atoms with Gasteiger partial charge in [0.05, 0.1) is 5.02 Å². The molecular weight excluding hydrogens is 373 g/mol. The van der Waals surface area contributed by atoms with Gasteiger partial charge in [-0.2, -0.15) is 0 Å². The molecule has 2 heterocycles. The molecular formula is C19H17ClFN3O3. The largest absolute Gasteiger partial charge is 0.478 e. The van der Waals surface area contributed by atoms with Crippen molar-refractivity contribution in [1.82, 2.24) is 9.88 Å². The third-order valence-corrected chi connectivity index (χ3v) is 4.48. The van der Waals surface area contributed by atoms with Crippen LogP contribution in [0.4, 0.5) is 10.2 Å². The lowest BCUT2D eigenvalue weighted by Crippen LogP contribution is -2.31.